The minimum atomic E-state index is 1.17. The quantitative estimate of drug-likeness (QED) is 0.139. The van der Waals surface area contributed by atoms with Crippen molar-refractivity contribution in [3.8, 4) is 39.0 Å². The highest BCUT2D eigenvalue weighted by atomic mass is 79.9. The van der Waals surface area contributed by atoms with Gasteiger partial charge in [-0.15, -0.1) is 56.7 Å². The molecule has 0 aliphatic rings. The van der Waals surface area contributed by atoms with Crippen LogP contribution in [0.5, 0.6) is 0 Å². The van der Waals surface area contributed by atoms with E-state index < -0.39 is 0 Å². The molecule has 0 aliphatic carbocycles. The zero-order chi connectivity index (χ0) is 22.8. The molecule has 0 N–H and O–H groups in total. The highest BCUT2D eigenvalue weighted by Crippen LogP contribution is 2.47. The van der Waals surface area contributed by atoms with E-state index in [0.717, 1.165) is 0 Å². The van der Waals surface area contributed by atoms with Gasteiger partial charge in [0.15, 0.2) is 0 Å². The highest BCUT2D eigenvalue weighted by Gasteiger charge is 2.17. The summed E-state index contributed by atoms with van der Waals surface area (Å²) in [5, 5.41) is 0. The fraction of sp³-hybridized carbons (Fsp3) is 0.231. The molecule has 0 saturated carbocycles. The van der Waals surface area contributed by atoms with Crippen molar-refractivity contribution in [2.45, 2.75) is 39.0 Å². The molecule has 5 aromatic rings. The lowest BCUT2D eigenvalue weighted by molar-refractivity contribution is 0.668. The summed E-state index contributed by atoms with van der Waals surface area (Å²) in [6.07, 6.45) is 6.36. The number of aryl methyl sites for hydroxylation is 1. The molecule has 5 rings (SSSR count). The molecule has 33 heavy (non-hydrogen) atoms. The Morgan fingerprint density at radius 1 is 0.545 bits per heavy atom. The Bertz CT molecular complexity index is 1350. The first-order chi connectivity index (χ1) is 16.1. The monoisotopic (exact) mass is 652 g/mol. The van der Waals surface area contributed by atoms with Gasteiger partial charge >= 0.3 is 0 Å². The second-order valence-electron chi connectivity index (χ2n) is 7.81. The summed E-state index contributed by atoms with van der Waals surface area (Å²) in [5.74, 6) is 0. The van der Waals surface area contributed by atoms with Gasteiger partial charge in [0.1, 0.15) is 0 Å². The number of rotatable bonds is 9. The van der Waals surface area contributed by atoms with Crippen LogP contribution in [0, 0.1) is 0 Å². The van der Waals surface area contributed by atoms with Crippen LogP contribution in [-0.4, -0.2) is 0 Å². The van der Waals surface area contributed by atoms with Crippen molar-refractivity contribution >= 4 is 88.5 Å². The van der Waals surface area contributed by atoms with Gasteiger partial charge in [0, 0.05) is 39.0 Å². The van der Waals surface area contributed by atoms with E-state index >= 15 is 0 Å². The SMILES string of the molecule is CCCCCCc1cc(-c2ccc(-c3ccc(Br)s3)s2)sc1-c1ccc(-c2ccc(Br)s2)s1. The average Bonchev–Trinajstić information content (AvgIpc) is 3.61. The van der Waals surface area contributed by atoms with Gasteiger partial charge in [0.2, 0.25) is 0 Å². The normalized spacial score (nSPS) is 11.5. The second kappa shape index (κ2) is 11.0. The lowest BCUT2D eigenvalue weighted by atomic mass is 10.1. The van der Waals surface area contributed by atoms with Crippen LogP contribution in [0.4, 0.5) is 0 Å². The van der Waals surface area contributed by atoms with Crippen LogP contribution in [0.25, 0.3) is 39.0 Å². The molecule has 5 heterocycles. The highest BCUT2D eigenvalue weighted by molar-refractivity contribution is 9.11. The maximum absolute atomic E-state index is 3.61. The van der Waals surface area contributed by atoms with Gasteiger partial charge < -0.3 is 0 Å². The first-order valence-electron chi connectivity index (χ1n) is 10.9. The molecule has 7 heteroatoms. The minimum absolute atomic E-state index is 1.17. The lowest BCUT2D eigenvalue weighted by Crippen LogP contribution is -1.85. The smallest absolute Gasteiger partial charge is 0.0705 e. The molecular formula is C26H22Br2S5. The molecular weight excluding hydrogens is 632 g/mol. The Morgan fingerprint density at radius 2 is 1.06 bits per heavy atom. The molecule has 0 aliphatic heterocycles. The molecule has 0 unspecified atom stereocenters. The molecule has 0 bridgehead atoms. The van der Waals surface area contributed by atoms with Crippen LogP contribution in [-0.2, 0) is 6.42 Å². The summed E-state index contributed by atoms with van der Waals surface area (Å²) in [7, 11) is 0. The van der Waals surface area contributed by atoms with Crippen LogP contribution in [0.2, 0.25) is 0 Å². The molecule has 5 aromatic heterocycles. The number of unbranched alkanes of at least 4 members (excludes halogenated alkanes) is 3. The van der Waals surface area contributed by atoms with Crippen molar-refractivity contribution in [3.05, 3.63) is 67.7 Å². The van der Waals surface area contributed by atoms with E-state index in [4.69, 9.17) is 0 Å². The van der Waals surface area contributed by atoms with E-state index in [1.165, 1.54) is 84.3 Å². The predicted molar refractivity (Wildman–Crippen MR) is 161 cm³/mol. The maximum atomic E-state index is 3.61. The van der Waals surface area contributed by atoms with Crippen LogP contribution < -0.4 is 0 Å². The lowest BCUT2D eigenvalue weighted by Gasteiger charge is -2.02. The average molecular weight is 655 g/mol. The van der Waals surface area contributed by atoms with Gasteiger partial charge in [-0.2, -0.15) is 0 Å². The van der Waals surface area contributed by atoms with Crippen LogP contribution in [0.1, 0.15) is 38.2 Å². The number of hydrogen-bond acceptors (Lipinski definition) is 5. The Morgan fingerprint density at radius 3 is 1.64 bits per heavy atom. The van der Waals surface area contributed by atoms with Crippen molar-refractivity contribution < 1.29 is 0 Å². The maximum Gasteiger partial charge on any atom is 0.0705 e. The van der Waals surface area contributed by atoms with Crippen molar-refractivity contribution in [3.63, 3.8) is 0 Å². The van der Waals surface area contributed by atoms with Crippen LogP contribution >= 0.6 is 88.5 Å². The first-order valence-corrected chi connectivity index (χ1v) is 16.6. The van der Waals surface area contributed by atoms with E-state index in [1.807, 2.05) is 45.3 Å². The molecule has 0 aromatic carbocycles. The Hall–Kier alpha value is -0.540. The van der Waals surface area contributed by atoms with Crippen molar-refractivity contribution in [1.29, 1.82) is 0 Å². The second-order valence-corrected chi connectivity index (χ2v) is 16.0. The summed E-state index contributed by atoms with van der Waals surface area (Å²) in [4.78, 5) is 11.0. The Kier molecular flexibility index (Phi) is 8.07. The fourth-order valence-corrected chi connectivity index (χ4v) is 10.2. The minimum Gasteiger partial charge on any atom is -0.134 e. The molecule has 170 valence electrons. The fourth-order valence-electron chi connectivity index (χ4n) is 3.78. The topological polar surface area (TPSA) is 0 Å². The van der Waals surface area contributed by atoms with Gasteiger partial charge in [-0.3, -0.25) is 0 Å². The third kappa shape index (κ3) is 5.66. The predicted octanol–water partition coefficient (Wildman–Crippen LogP) is 12.3. The summed E-state index contributed by atoms with van der Waals surface area (Å²) < 4.78 is 2.38. The zero-order valence-electron chi connectivity index (χ0n) is 18.0. The number of hydrogen-bond donors (Lipinski definition) is 0. The Labute approximate surface area is 232 Å². The Balaban J connectivity index is 1.46. The van der Waals surface area contributed by atoms with Crippen LogP contribution in [0.15, 0.2) is 62.2 Å². The number of thiophene rings is 5. The molecule has 0 nitrogen and oxygen atoms in total. The van der Waals surface area contributed by atoms with Gasteiger partial charge in [-0.25, -0.2) is 0 Å². The van der Waals surface area contributed by atoms with Crippen molar-refractivity contribution in [1.82, 2.24) is 0 Å². The van der Waals surface area contributed by atoms with E-state index in [2.05, 4.69) is 93.4 Å². The van der Waals surface area contributed by atoms with Gasteiger partial charge in [0.05, 0.1) is 7.57 Å². The molecule has 0 spiro atoms. The molecule has 0 saturated heterocycles. The summed E-state index contributed by atoms with van der Waals surface area (Å²) in [6, 6.07) is 20.3. The van der Waals surface area contributed by atoms with E-state index in [1.54, 1.807) is 11.3 Å². The summed E-state index contributed by atoms with van der Waals surface area (Å²) in [6.45, 7) is 2.28. The first kappa shape index (κ1) is 24.2. The largest absolute Gasteiger partial charge is 0.134 e. The molecule has 0 amide bonds. The van der Waals surface area contributed by atoms with E-state index in [-0.39, 0.29) is 0 Å². The van der Waals surface area contributed by atoms with Gasteiger partial charge in [-0.05, 0) is 105 Å². The molecule has 0 radical (unpaired) electrons. The van der Waals surface area contributed by atoms with E-state index in [0.29, 0.717) is 0 Å². The van der Waals surface area contributed by atoms with Crippen LogP contribution in [0.3, 0.4) is 0 Å². The van der Waals surface area contributed by atoms with E-state index in [9.17, 15) is 0 Å². The van der Waals surface area contributed by atoms with Gasteiger partial charge in [-0.1, -0.05) is 26.2 Å². The molecule has 0 atom stereocenters. The third-order valence-corrected chi connectivity index (χ3v) is 12.8. The standard InChI is InChI=1S/C26H22Br2S5/c1-2-3-4-5-6-16-15-23(21-8-7-17(29-21)19-11-13-24(27)31-19)33-26(16)22-10-9-18(30-22)20-12-14-25(28)32-20/h7-15H,2-6H2,1H3. The summed E-state index contributed by atoms with van der Waals surface area (Å²) in [5.41, 5.74) is 1.51. The summed E-state index contributed by atoms with van der Waals surface area (Å²) >= 11 is 16.6. The molecule has 0 fully saturated rings. The van der Waals surface area contributed by atoms with Gasteiger partial charge in [0.25, 0.3) is 0 Å². The third-order valence-electron chi connectivity index (χ3n) is 5.42. The number of halogens is 2. The van der Waals surface area contributed by atoms with Crippen molar-refractivity contribution in [2.75, 3.05) is 0 Å². The van der Waals surface area contributed by atoms with Crippen molar-refractivity contribution in [2.24, 2.45) is 0 Å². The zero-order valence-corrected chi connectivity index (χ0v) is 25.3.